The Morgan fingerprint density at radius 2 is 2.15 bits per heavy atom. The first-order valence-electron chi connectivity index (χ1n) is 8.43. The Morgan fingerprint density at radius 3 is 2.81 bits per heavy atom. The van der Waals surface area contributed by atoms with E-state index in [-0.39, 0.29) is 10.7 Å². The number of nitrogens with zero attached hydrogens (tertiary/aromatic N) is 3. The molecule has 4 heterocycles. The first kappa shape index (κ1) is 18.0. The molecule has 140 valence electrons. The van der Waals surface area contributed by atoms with E-state index in [0.29, 0.717) is 37.3 Å². The molecule has 0 atom stereocenters. The van der Waals surface area contributed by atoms with Gasteiger partial charge in [0.05, 0.1) is 21.8 Å². The lowest BCUT2D eigenvalue weighted by atomic mass is 10.1. The number of sulfone groups is 1. The zero-order valence-electron chi connectivity index (χ0n) is 14.7. The number of H-pyrrole nitrogens is 1. The number of aromatic nitrogens is 3. The average molecular weight is 403 g/mol. The van der Waals surface area contributed by atoms with Crippen LogP contribution in [0.3, 0.4) is 0 Å². The minimum Gasteiger partial charge on any atom is -0.297 e. The number of fused-ring (bicyclic) bond motifs is 1. The van der Waals surface area contributed by atoms with E-state index < -0.39 is 9.84 Å². The van der Waals surface area contributed by atoms with E-state index in [1.54, 1.807) is 11.3 Å². The van der Waals surface area contributed by atoms with Crippen LogP contribution in [0.15, 0.2) is 45.8 Å². The van der Waals surface area contributed by atoms with Gasteiger partial charge in [-0.1, -0.05) is 12.1 Å². The normalized spacial score (nSPS) is 14.9. The number of rotatable bonds is 4. The van der Waals surface area contributed by atoms with E-state index in [1.807, 2.05) is 35.8 Å². The fourth-order valence-electron chi connectivity index (χ4n) is 3.12. The van der Waals surface area contributed by atoms with Crippen molar-refractivity contribution in [3.05, 3.63) is 63.0 Å². The smallest absolute Gasteiger partial charge is 0.256 e. The SMILES string of the molecule is CS(=O)(=O)c1nc2c(c(=O)[nH]1)CN(Cc1ccc(-c3cccs3)nc1)CC2. The molecule has 4 rings (SSSR count). The Labute approximate surface area is 160 Å². The van der Waals surface area contributed by atoms with Gasteiger partial charge in [-0.3, -0.25) is 19.7 Å². The summed E-state index contributed by atoms with van der Waals surface area (Å²) in [6, 6.07) is 8.10. The largest absolute Gasteiger partial charge is 0.297 e. The summed E-state index contributed by atoms with van der Waals surface area (Å²) in [7, 11) is -3.53. The monoisotopic (exact) mass is 402 g/mol. The predicted octanol–water partition coefficient (Wildman–Crippen LogP) is 1.86. The molecule has 0 fully saturated rings. The van der Waals surface area contributed by atoms with Crippen molar-refractivity contribution in [2.45, 2.75) is 24.7 Å². The van der Waals surface area contributed by atoms with Gasteiger partial charge in [-0.05, 0) is 23.1 Å². The highest BCUT2D eigenvalue weighted by atomic mass is 32.2. The molecular weight excluding hydrogens is 384 g/mol. The van der Waals surface area contributed by atoms with Crippen molar-refractivity contribution in [1.29, 1.82) is 0 Å². The highest BCUT2D eigenvalue weighted by Gasteiger charge is 2.23. The van der Waals surface area contributed by atoms with Crippen molar-refractivity contribution in [3.8, 4) is 10.6 Å². The molecule has 1 N–H and O–H groups in total. The summed E-state index contributed by atoms with van der Waals surface area (Å²) >= 11 is 1.65. The summed E-state index contributed by atoms with van der Waals surface area (Å²) in [4.78, 5) is 26.6. The van der Waals surface area contributed by atoms with Gasteiger partial charge in [-0.15, -0.1) is 11.3 Å². The van der Waals surface area contributed by atoms with Crippen molar-refractivity contribution in [1.82, 2.24) is 19.9 Å². The van der Waals surface area contributed by atoms with Crippen LogP contribution in [0.4, 0.5) is 0 Å². The Kier molecular flexibility index (Phi) is 4.67. The maximum absolute atomic E-state index is 12.3. The lowest BCUT2D eigenvalue weighted by Crippen LogP contribution is -2.36. The molecule has 3 aromatic rings. The summed E-state index contributed by atoms with van der Waals surface area (Å²) in [6.07, 6.45) is 3.45. The number of hydrogen-bond acceptors (Lipinski definition) is 7. The minimum absolute atomic E-state index is 0.256. The third-order valence-corrected chi connectivity index (χ3v) is 6.27. The molecule has 0 amide bonds. The number of nitrogens with one attached hydrogen (secondary N) is 1. The van der Waals surface area contributed by atoms with Gasteiger partial charge in [0.2, 0.25) is 15.0 Å². The van der Waals surface area contributed by atoms with Crippen LogP contribution in [0, 0.1) is 0 Å². The lowest BCUT2D eigenvalue weighted by molar-refractivity contribution is 0.240. The zero-order chi connectivity index (χ0) is 19.0. The van der Waals surface area contributed by atoms with E-state index >= 15 is 0 Å². The van der Waals surface area contributed by atoms with Crippen molar-refractivity contribution in [2.24, 2.45) is 0 Å². The van der Waals surface area contributed by atoms with Gasteiger partial charge in [0, 0.05) is 38.5 Å². The Bertz CT molecular complexity index is 1120. The zero-order valence-corrected chi connectivity index (χ0v) is 16.3. The molecule has 0 bridgehead atoms. The topological polar surface area (TPSA) is 96.0 Å². The van der Waals surface area contributed by atoms with Crippen LogP contribution < -0.4 is 5.56 Å². The van der Waals surface area contributed by atoms with Crippen LogP contribution in [0.5, 0.6) is 0 Å². The Morgan fingerprint density at radius 1 is 1.30 bits per heavy atom. The van der Waals surface area contributed by atoms with E-state index in [9.17, 15) is 13.2 Å². The third kappa shape index (κ3) is 3.85. The molecule has 1 aliphatic heterocycles. The maximum atomic E-state index is 12.3. The number of pyridine rings is 1. The highest BCUT2D eigenvalue weighted by molar-refractivity contribution is 7.90. The second kappa shape index (κ2) is 6.99. The van der Waals surface area contributed by atoms with Crippen molar-refractivity contribution in [2.75, 3.05) is 12.8 Å². The van der Waals surface area contributed by atoms with Gasteiger partial charge in [0.15, 0.2) is 0 Å². The first-order valence-corrected chi connectivity index (χ1v) is 11.2. The van der Waals surface area contributed by atoms with Crippen LogP contribution in [0.1, 0.15) is 16.8 Å². The van der Waals surface area contributed by atoms with Gasteiger partial charge in [-0.25, -0.2) is 13.4 Å². The van der Waals surface area contributed by atoms with Crippen LogP contribution >= 0.6 is 11.3 Å². The molecule has 0 radical (unpaired) electrons. The molecule has 1 aliphatic rings. The van der Waals surface area contributed by atoms with Crippen LogP contribution in [-0.4, -0.2) is 41.1 Å². The van der Waals surface area contributed by atoms with Crippen molar-refractivity contribution < 1.29 is 8.42 Å². The molecule has 0 saturated carbocycles. The summed E-state index contributed by atoms with van der Waals surface area (Å²) in [5.41, 5.74) is 2.75. The quantitative estimate of drug-likeness (QED) is 0.669. The molecule has 27 heavy (non-hydrogen) atoms. The summed E-state index contributed by atoms with van der Waals surface area (Å²) in [5, 5.41) is 1.77. The standard InChI is InChI=1S/C18H18N4O3S2/c1-27(24,25)18-20-14-6-7-22(11-13(14)17(23)21-18)10-12-4-5-15(19-9-12)16-3-2-8-26-16/h2-5,8-9H,6-7,10-11H2,1H3,(H,20,21,23). The molecule has 0 saturated heterocycles. The Hall–Kier alpha value is -2.36. The number of hydrogen-bond donors (Lipinski definition) is 1. The average Bonchev–Trinajstić information content (AvgIpc) is 3.16. The molecule has 0 unspecified atom stereocenters. The predicted molar refractivity (Wildman–Crippen MR) is 103 cm³/mol. The van der Waals surface area contributed by atoms with Crippen LogP contribution in [0.25, 0.3) is 10.6 Å². The molecule has 0 spiro atoms. The molecule has 9 heteroatoms. The van der Waals surface area contributed by atoms with Crippen molar-refractivity contribution in [3.63, 3.8) is 0 Å². The van der Waals surface area contributed by atoms with Gasteiger partial charge >= 0.3 is 0 Å². The molecule has 3 aromatic heterocycles. The summed E-state index contributed by atoms with van der Waals surface area (Å²) < 4.78 is 23.3. The van der Waals surface area contributed by atoms with Gasteiger partial charge in [0.1, 0.15) is 0 Å². The number of aromatic amines is 1. The third-order valence-electron chi connectivity index (χ3n) is 4.48. The Balaban J connectivity index is 1.51. The maximum Gasteiger partial charge on any atom is 0.256 e. The molecule has 7 nitrogen and oxygen atoms in total. The summed E-state index contributed by atoms with van der Waals surface area (Å²) in [6.45, 7) is 1.82. The minimum atomic E-state index is -3.53. The van der Waals surface area contributed by atoms with Gasteiger partial charge in [0.25, 0.3) is 5.56 Å². The van der Waals surface area contributed by atoms with Crippen LogP contribution in [-0.2, 0) is 29.3 Å². The molecule has 0 aromatic carbocycles. The highest BCUT2D eigenvalue weighted by Crippen LogP contribution is 2.23. The van der Waals surface area contributed by atoms with E-state index in [1.165, 1.54) is 0 Å². The van der Waals surface area contributed by atoms with E-state index in [2.05, 4.69) is 19.9 Å². The van der Waals surface area contributed by atoms with Gasteiger partial charge < -0.3 is 0 Å². The molecular formula is C18H18N4O3S2. The van der Waals surface area contributed by atoms with Gasteiger partial charge in [-0.2, -0.15) is 0 Å². The van der Waals surface area contributed by atoms with Crippen LogP contribution in [0.2, 0.25) is 0 Å². The summed E-state index contributed by atoms with van der Waals surface area (Å²) in [5.74, 6) is 0. The van der Waals surface area contributed by atoms with E-state index in [0.717, 1.165) is 22.4 Å². The number of thiophene rings is 1. The fraction of sp³-hybridized carbons (Fsp3) is 0.278. The molecule has 0 aliphatic carbocycles. The first-order chi connectivity index (χ1) is 12.9. The second-order valence-electron chi connectivity index (χ2n) is 6.56. The van der Waals surface area contributed by atoms with E-state index in [4.69, 9.17) is 0 Å². The second-order valence-corrected chi connectivity index (χ2v) is 9.44. The fourth-order valence-corrected chi connectivity index (χ4v) is 4.37. The lowest BCUT2D eigenvalue weighted by Gasteiger charge is -2.27. The van der Waals surface area contributed by atoms with Crippen molar-refractivity contribution >= 4 is 21.2 Å².